The van der Waals surface area contributed by atoms with Crippen LogP contribution in [0.4, 0.5) is 5.82 Å². The Kier molecular flexibility index (Phi) is 6.22. The standard InChI is InChI=1S/C12H21ClN4/c1-10(2)17(3)7-5-4-6-15-12-9-14-8-11(13)16-12/h8-10H,4-7H2,1-3H3,(H,15,16). The lowest BCUT2D eigenvalue weighted by atomic mass is 10.2. The molecule has 5 heteroatoms. The van der Waals surface area contributed by atoms with Crippen LogP contribution in [0.15, 0.2) is 12.4 Å². The molecule has 1 aromatic heterocycles. The van der Waals surface area contributed by atoms with Crippen molar-refractivity contribution in [1.29, 1.82) is 0 Å². The fourth-order valence-corrected chi connectivity index (χ4v) is 1.54. The minimum Gasteiger partial charge on any atom is -0.369 e. The average Bonchev–Trinajstić information content (AvgIpc) is 2.28. The van der Waals surface area contributed by atoms with Gasteiger partial charge in [-0.2, -0.15) is 0 Å². The molecule has 0 aliphatic rings. The van der Waals surface area contributed by atoms with E-state index in [0.717, 1.165) is 25.3 Å². The van der Waals surface area contributed by atoms with E-state index in [2.05, 4.69) is 41.1 Å². The van der Waals surface area contributed by atoms with E-state index in [9.17, 15) is 0 Å². The Morgan fingerprint density at radius 1 is 1.35 bits per heavy atom. The molecule has 0 fully saturated rings. The summed E-state index contributed by atoms with van der Waals surface area (Å²) in [5.74, 6) is 0.745. The number of halogens is 1. The molecule has 1 N–H and O–H groups in total. The van der Waals surface area contributed by atoms with E-state index < -0.39 is 0 Å². The normalized spacial score (nSPS) is 11.2. The highest BCUT2D eigenvalue weighted by Crippen LogP contribution is 2.06. The predicted octanol–water partition coefficient (Wildman–Crippen LogP) is 2.66. The number of rotatable bonds is 7. The molecule has 1 aromatic rings. The number of hydrogen-bond donors (Lipinski definition) is 1. The van der Waals surface area contributed by atoms with Crippen molar-refractivity contribution in [3.05, 3.63) is 17.5 Å². The summed E-state index contributed by atoms with van der Waals surface area (Å²) in [6, 6.07) is 0.613. The molecule has 17 heavy (non-hydrogen) atoms. The van der Waals surface area contributed by atoms with Crippen LogP contribution in [0.25, 0.3) is 0 Å². The van der Waals surface area contributed by atoms with Gasteiger partial charge in [0.15, 0.2) is 0 Å². The van der Waals surface area contributed by atoms with Gasteiger partial charge in [-0.1, -0.05) is 11.6 Å². The second-order valence-electron chi connectivity index (χ2n) is 4.44. The first-order valence-electron chi connectivity index (χ1n) is 6.01. The van der Waals surface area contributed by atoms with E-state index in [1.807, 2.05) is 0 Å². The quantitative estimate of drug-likeness (QED) is 0.762. The van der Waals surface area contributed by atoms with Crippen molar-refractivity contribution in [3.8, 4) is 0 Å². The lowest BCUT2D eigenvalue weighted by Crippen LogP contribution is -2.27. The fraction of sp³-hybridized carbons (Fsp3) is 0.667. The van der Waals surface area contributed by atoms with Crippen LogP contribution in [-0.4, -0.2) is 41.0 Å². The van der Waals surface area contributed by atoms with Gasteiger partial charge in [-0.15, -0.1) is 0 Å². The van der Waals surface area contributed by atoms with E-state index in [1.54, 1.807) is 6.20 Å². The number of anilines is 1. The summed E-state index contributed by atoms with van der Waals surface area (Å²) in [6.45, 7) is 6.45. The molecular formula is C12H21ClN4. The van der Waals surface area contributed by atoms with Crippen molar-refractivity contribution < 1.29 is 0 Å². The van der Waals surface area contributed by atoms with E-state index in [1.165, 1.54) is 12.6 Å². The Bertz CT molecular complexity index is 330. The SMILES string of the molecule is CC(C)N(C)CCCCNc1cncc(Cl)n1. The second kappa shape index (κ2) is 7.45. The van der Waals surface area contributed by atoms with Gasteiger partial charge in [0.2, 0.25) is 0 Å². The van der Waals surface area contributed by atoms with E-state index in [4.69, 9.17) is 11.6 Å². The molecule has 4 nitrogen and oxygen atoms in total. The first-order valence-corrected chi connectivity index (χ1v) is 6.39. The Balaban J connectivity index is 2.12. The van der Waals surface area contributed by atoms with Crippen LogP contribution in [0.5, 0.6) is 0 Å². The third-order valence-corrected chi connectivity index (χ3v) is 2.91. The lowest BCUT2D eigenvalue weighted by Gasteiger charge is -2.20. The number of nitrogens with one attached hydrogen (secondary N) is 1. The van der Waals surface area contributed by atoms with Gasteiger partial charge in [-0.25, -0.2) is 4.98 Å². The molecule has 96 valence electrons. The zero-order chi connectivity index (χ0) is 12.7. The zero-order valence-corrected chi connectivity index (χ0v) is 11.5. The summed E-state index contributed by atoms with van der Waals surface area (Å²) < 4.78 is 0. The maximum atomic E-state index is 5.74. The van der Waals surface area contributed by atoms with Gasteiger partial charge in [-0.05, 0) is 40.3 Å². The van der Waals surface area contributed by atoms with E-state index in [-0.39, 0.29) is 0 Å². The summed E-state index contributed by atoms with van der Waals surface area (Å²) in [5.41, 5.74) is 0. The van der Waals surface area contributed by atoms with Crippen molar-refractivity contribution in [2.75, 3.05) is 25.5 Å². The van der Waals surface area contributed by atoms with Crippen LogP contribution in [0.2, 0.25) is 5.15 Å². The summed E-state index contributed by atoms with van der Waals surface area (Å²) in [4.78, 5) is 10.4. The van der Waals surface area contributed by atoms with Crippen molar-refractivity contribution >= 4 is 17.4 Å². The highest BCUT2D eigenvalue weighted by Gasteiger charge is 2.01. The van der Waals surface area contributed by atoms with Crippen LogP contribution in [-0.2, 0) is 0 Å². The molecule has 0 aliphatic carbocycles. The molecule has 0 amide bonds. The van der Waals surface area contributed by atoms with Gasteiger partial charge in [0.1, 0.15) is 11.0 Å². The first kappa shape index (κ1) is 14.2. The molecule has 0 unspecified atom stereocenters. The van der Waals surface area contributed by atoms with Crippen LogP contribution in [0.3, 0.4) is 0 Å². The number of hydrogen-bond acceptors (Lipinski definition) is 4. The number of aromatic nitrogens is 2. The van der Waals surface area contributed by atoms with Crippen LogP contribution in [0.1, 0.15) is 26.7 Å². The molecule has 0 atom stereocenters. The molecule has 0 aliphatic heterocycles. The van der Waals surface area contributed by atoms with E-state index in [0.29, 0.717) is 11.2 Å². The first-order chi connectivity index (χ1) is 8.09. The van der Waals surface area contributed by atoms with E-state index >= 15 is 0 Å². The molecule has 0 spiro atoms. The van der Waals surface area contributed by atoms with Gasteiger partial charge in [0.05, 0.1) is 12.4 Å². The molecule has 0 saturated heterocycles. The van der Waals surface area contributed by atoms with Gasteiger partial charge in [-0.3, -0.25) is 4.98 Å². The van der Waals surface area contributed by atoms with Crippen molar-refractivity contribution in [2.45, 2.75) is 32.7 Å². The maximum Gasteiger partial charge on any atom is 0.149 e. The fourth-order valence-electron chi connectivity index (χ4n) is 1.39. The topological polar surface area (TPSA) is 41.0 Å². The van der Waals surface area contributed by atoms with Gasteiger partial charge < -0.3 is 10.2 Å². The van der Waals surface area contributed by atoms with Gasteiger partial charge in [0, 0.05) is 12.6 Å². The van der Waals surface area contributed by atoms with Gasteiger partial charge >= 0.3 is 0 Å². The summed E-state index contributed by atoms with van der Waals surface area (Å²) in [5, 5.41) is 3.64. The second-order valence-corrected chi connectivity index (χ2v) is 4.82. The Morgan fingerprint density at radius 2 is 2.12 bits per heavy atom. The van der Waals surface area contributed by atoms with Crippen LogP contribution in [0, 0.1) is 0 Å². The van der Waals surface area contributed by atoms with Crippen molar-refractivity contribution in [3.63, 3.8) is 0 Å². The molecule has 1 rings (SSSR count). The molecule has 0 radical (unpaired) electrons. The van der Waals surface area contributed by atoms with Crippen molar-refractivity contribution in [1.82, 2.24) is 14.9 Å². The maximum absolute atomic E-state index is 5.74. The Morgan fingerprint density at radius 3 is 2.76 bits per heavy atom. The molecular weight excluding hydrogens is 236 g/mol. The lowest BCUT2D eigenvalue weighted by molar-refractivity contribution is 0.269. The molecule has 0 aromatic carbocycles. The van der Waals surface area contributed by atoms with Crippen molar-refractivity contribution in [2.24, 2.45) is 0 Å². The zero-order valence-electron chi connectivity index (χ0n) is 10.8. The largest absolute Gasteiger partial charge is 0.369 e. The molecule has 1 heterocycles. The van der Waals surface area contributed by atoms with Crippen LogP contribution < -0.4 is 5.32 Å². The van der Waals surface area contributed by atoms with Gasteiger partial charge in [0.25, 0.3) is 0 Å². The number of nitrogens with zero attached hydrogens (tertiary/aromatic N) is 3. The highest BCUT2D eigenvalue weighted by molar-refractivity contribution is 6.29. The predicted molar refractivity (Wildman–Crippen MR) is 72.5 cm³/mol. The monoisotopic (exact) mass is 256 g/mol. The summed E-state index contributed by atoms with van der Waals surface area (Å²) in [7, 11) is 2.15. The number of unbranched alkanes of at least 4 members (excludes halogenated alkanes) is 1. The molecule has 0 bridgehead atoms. The Hall–Kier alpha value is -0.870. The Labute approximate surface area is 108 Å². The summed E-state index contributed by atoms with van der Waals surface area (Å²) in [6.07, 6.45) is 5.51. The minimum absolute atomic E-state index is 0.426. The third kappa shape index (κ3) is 5.84. The average molecular weight is 257 g/mol. The third-order valence-electron chi connectivity index (χ3n) is 2.73. The van der Waals surface area contributed by atoms with Crippen LogP contribution >= 0.6 is 11.6 Å². The molecule has 0 saturated carbocycles. The minimum atomic E-state index is 0.426. The highest BCUT2D eigenvalue weighted by atomic mass is 35.5. The summed E-state index contributed by atoms with van der Waals surface area (Å²) >= 11 is 5.74. The smallest absolute Gasteiger partial charge is 0.149 e.